The van der Waals surface area contributed by atoms with E-state index in [9.17, 15) is 4.79 Å². The van der Waals surface area contributed by atoms with Crippen LogP contribution in [0.3, 0.4) is 0 Å². The van der Waals surface area contributed by atoms with E-state index >= 15 is 0 Å². The summed E-state index contributed by atoms with van der Waals surface area (Å²) in [6.45, 7) is 11.4. The van der Waals surface area contributed by atoms with Crippen LogP contribution in [0.5, 0.6) is 0 Å². The first kappa shape index (κ1) is 15.1. The van der Waals surface area contributed by atoms with Gasteiger partial charge in [-0.25, -0.2) is 4.79 Å². The maximum Gasteiger partial charge on any atom is 0.335 e. The van der Waals surface area contributed by atoms with Crippen LogP contribution in [0.15, 0.2) is 12.2 Å². The molecule has 0 radical (unpaired) electrons. The molecule has 0 spiro atoms. The first-order valence-electron chi connectivity index (χ1n) is 5.64. The fourth-order valence-corrected chi connectivity index (χ4v) is 0.996. The summed E-state index contributed by atoms with van der Waals surface area (Å²) in [7, 11) is 0. The molecule has 0 aromatic heterocycles. The number of hydrogen-bond donors (Lipinski definition) is 0. The highest BCUT2D eigenvalue weighted by Crippen LogP contribution is 2.08. The maximum absolute atomic E-state index is 11.2. The lowest BCUT2D eigenvalue weighted by atomic mass is 10.4. The third-order valence-electron chi connectivity index (χ3n) is 1.81. The molecular formula is C12H22O4. The smallest absolute Gasteiger partial charge is 0.335 e. The minimum absolute atomic E-state index is 0.326. The van der Waals surface area contributed by atoms with Crippen molar-refractivity contribution in [1.29, 1.82) is 0 Å². The van der Waals surface area contributed by atoms with Crippen LogP contribution in [-0.2, 0) is 19.0 Å². The molecule has 4 nitrogen and oxygen atoms in total. The Kier molecular flexibility index (Phi) is 7.85. The molecular weight excluding hydrogens is 208 g/mol. The number of rotatable bonds is 8. The van der Waals surface area contributed by atoms with Gasteiger partial charge in [0.25, 0.3) is 0 Å². The first-order chi connectivity index (χ1) is 7.51. The van der Waals surface area contributed by atoms with Crippen LogP contribution in [0, 0.1) is 0 Å². The first-order valence-corrected chi connectivity index (χ1v) is 5.64. The van der Waals surface area contributed by atoms with E-state index in [1.807, 2.05) is 13.8 Å². The van der Waals surface area contributed by atoms with Gasteiger partial charge in [-0.3, -0.25) is 0 Å². The topological polar surface area (TPSA) is 44.8 Å². The highest BCUT2D eigenvalue weighted by Gasteiger charge is 2.15. The average Bonchev–Trinajstić information content (AvgIpc) is 2.23. The summed E-state index contributed by atoms with van der Waals surface area (Å²) in [5.41, 5.74) is 0.359. The second-order valence-electron chi connectivity index (χ2n) is 3.60. The van der Waals surface area contributed by atoms with E-state index in [4.69, 9.17) is 14.2 Å². The molecule has 16 heavy (non-hydrogen) atoms. The molecule has 0 aliphatic carbocycles. The second kappa shape index (κ2) is 8.30. The molecule has 94 valence electrons. The molecule has 0 amide bonds. The zero-order chi connectivity index (χ0) is 12.6. The largest absolute Gasteiger partial charge is 0.433 e. The van der Waals surface area contributed by atoms with E-state index in [0.29, 0.717) is 12.2 Å². The Morgan fingerprint density at radius 2 is 2.00 bits per heavy atom. The van der Waals surface area contributed by atoms with Crippen molar-refractivity contribution in [3.05, 3.63) is 12.2 Å². The van der Waals surface area contributed by atoms with E-state index in [-0.39, 0.29) is 6.29 Å². The lowest BCUT2D eigenvalue weighted by Gasteiger charge is -2.21. The molecule has 2 unspecified atom stereocenters. The number of ether oxygens (including phenoxy) is 3. The summed E-state index contributed by atoms with van der Waals surface area (Å²) in [5, 5.41) is 0. The second-order valence-corrected chi connectivity index (χ2v) is 3.60. The van der Waals surface area contributed by atoms with Crippen LogP contribution in [0.1, 0.15) is 40.5 Å². The summed E-state index contributed by atoms with van der Waals surface area (Å²) in [4.78, 5) is 11.2. The van der Waals surface area contributed by atoms with Gasteiger partial charge >= 0.3 is 5.97 Å². The van der Waals surface area contributed by atoms with Crippen molar-refractivity contribution in [2.24, 2.45) is 0 Å². The molecule has 0 rings (SSSR count). The minimum Gasteiger partial charge on any atom is -0.433 e. The fraction of sp³-hybridized carbons (Fsp3) is 0.750. The van der Waals surface area contributed by atoms with E-state index in [2.05, 4.69) is 6.58 Å². The Morgan fingerprint density at radius 1 is 1.38 bits per heavy atom. The van der Waals surface area contributed by atoms with Crippen molar-refractivity contribution < 1.29 is 19.0 Å². The van der Waals surface area contributed by atoms with Gasteiger partial charge in [0.1, 0.15) is 0 Å². The maximum atomic E-state index is 11.2. The van der Waals surface area contributed by atoms with Crippen LogP contribution >= 0.6 is 0 Å². The van der Waals surface area contributed by atoms with E-state index in [1.54, 1.807) is 13.8 Å². The van der Waals surface area contributed by atoms with Gasteiger partial charge in [-0.2, -0.15) is 0 Å². The Labute approximate surface area is 97.6 Å². The molecule has 0 fully saturated rings. The molecule has 0 aliphatic rings. The highest BCUT2D eigenvalue weighted by molar-refractivity contribution is 5.86. The van der Waals surface area contributed by atoms with Crippen LogP contribution in [0.25, 0.3) is 0 Å². The number of carbonyl (C=O) groups excluding carboxylic acids is 1. The molecule has 0 heterocycles. The number of hydrogen-bond acceptors (Lipinski definition) is 4. The van der Waals surface area contributed by atoms with Gasteiger partial charge in [0.2, 0.25) is 6.29 Å². The molecule has 4 heteroatoms. The van der Waals surface area contributed by atoms with Crippen LogP contribution in [0.2, 0.25) is 0 Å². The Balaban J connectivity index is 3.95. The van der Waals surface area contributed by atoms with Gasteiger partial charge in [0, 0.05) is 12.2 Å². The van der Waals surface area contributed by atoms with Gasteiger partial charge in [-0.05, 0) is 26.7 Å². The summed E-state index contributed by atoms with van der Waals surface area (Å²) in [5.74, 6) is -0.446. The number of esters is 1. The summed E-state index contributed by atoms with van der Waals surface area (Å²) >= 11 is 0. The lowest BCUT2D eigenvalue weighted by molar-refractivity contribution is -0.233. The van der Waals surface area contributed by atoms with Crippen molar-refractivity contribution in [2.75, 3.05) is 6.61 Å². The van der Waals surface area contributed by atoms with Crippen LogP contribution in [0.4, 0.5) is 0 Å². The van der Waals surface area contributed by atoms with Crippen molar-refractivity contribution in [3.8, 4) is 0 Å². The van der Waals surface area contributed by atoms with Crippen LogP contribution < -0.4 is 0 Å². The molecule has 0 saturated heterocycles. The molecule has 0 aromatic carbocycles. The van der Waals surface area contributed by atoms with E-state index < -0.39 is 12.3 Å². The van der Waals surface area contributed by atoms with Crippen molar-refractivity contribution in [3.63, 3.8) is 0 Å². The molecule has 0 saturated carbocycles. The number of carbonyl (C=O) groups is 1. The zero-order valence-electron chi connectivity index (χ0n) is 10.6. The van der Waals surface area contributed by atoms with Gasteiger partial charge < -0.3 is 14.2 Å². The van der Waals surface area contributed by atoms with Gasteiger partial charge in [0.15, 0.2) is 6.29 Å². The zero-order valence-corrected chi connectivity index (χ0v) is 10.6. The predicted octanol–water partition coefficient (Wildman–Crippen LogP) is 2.63. The standard InChI is InChI=1S/C12H22O4/c1-6-8-14-11(7-2)15-10(5)16-12(13)9(3)4/h10-11H,3,6-8H2,1-2,4-5H3. The molecule has 0 N–H and O–H groups in total. The Morgan fingerprint density at radius 3 is 2.44 bits per heavy atom. The third-order valence-corrected chi connectivity index (χ3v) is 1.81. The monoisotopic (exact) mass is 230 g/mol. The molecule has 0 aliphatic heterocycles. The van der Waals surface area contributed by atoms with Crippen molar-refractivity contribution in [2.45, 2.75) is 53.1 Å². The lowest BCUT2D eigenvalue weighted by Crippen LogP contribution is -2.26. The van der Waals surface area contributed by atoms with Gasteiger partial charge in [-0.1, -0.05) is 20.4 Å². The SMILES string of the molecule is C=C(C)C(=O)OC(C)OC(CC)OCCC. The van der Waals surface area contributed by atoms with E-state index in [1.165, 1.54) is 0 Å². The molecule has 0 bridgehead atoms. The van der Waals surface area contributed by atoms with E-state index in [0.717, 1.165) is 12.8 Å². The summed E-state index contributed by atoms with van der Waals surface area (Å²) < 4.78 is 15.8. The van der Waals surface area contributed by atoms with Crippen LogP contribution in [-0.4, -0.2) is 25.2 Å². The van der Waals surface area contributed by atoms with Gasteiger partial charge in [0.05, 0.1) is 0 Å². The molecule has 2 atom stereocenters. The summed E-state index contributed by atoms with van der Waals surface area (Å²) in [6, 6.07) is 0. The normalized spacial score (nSPS) is 14.2. The fourth-order valence-electron chi connectivity index (χ4n) is 0.996. The van der Waals surface area contributed by atoms with Gasteiger partial charge in [-0.15, -0.1) is 0 Å². The average molecular weight is 230 g/mol. The molecule has 0 aromatic rings. The Hall–Kier alpha value is -0.870. The predicted molar refractivity (Wildman–Crippen MR) is 61.8 cm³/mol. The Bertz CT molecular complexity index is 225. The minimum atomic E-state index is -0.619. The quantitative estimate of drug-likeness (QED) is 0.365. The van der Waals surface area contributed by atoms with Crippen molar-refractivity contribution in [1.82, 2.24) is 0 Å². The highest BCUT2D eigenvalue weighted by atomic mass is 16.8. The van der Waals surface area contributed by atoms with Crippen molar-refractivity contribution >= 4 is 5.97 Å². The summed E-state index contributed by atoms with van der Waals surface area (Å²) in [6.07, 6.45) is 0.702. The third kappa shape index (κ3) is 6.58.